The van der Waals surface area contributed by atoms with E-state index in [4.69, 9.17) is 23.2 Å². The van der Waals surface area contributed by atoms with Crippen molar-refractivity contribution in [1.82, 2.24) is 0 Å². The normalized spacial score (nSPS) is 15.1. The van der Waals surface area contributed by atoms with E-state index in [1.54, 1.807) is 6.07 Å². The Morgan fingerprint density at radius 3 is 2.57 bits per heavy atom. The second-order valence-corrected chi connectivity index (χ2v) is 12.7. The van der Waals surface area contributed by atoms with Gasteiger partial charge < -0.3 is 5.32 Å². The fourth-order valence-electron chi connectivity index (χ4n) is 4.33. The highest BCUT2D eigenvalue weighted by Gasteiger charge is 2.34. The molecule has 2 aliphatic heterocycles. The van der Waals surface area contributed by atoms with Crippen LogP contribution in [-0.4, -0.2) is 38.3 Å². The molecule has 0 radical (unpaired) electrons. The maximum absolute atomic E-state index is 13.2. The topological polar surface area (TPSA) is 101 Å². The van der Waals surface area contributed by atoms with Gasteiger partial charge in [-0.3, -0.25) is 14.4 Å². The minimum Gasteiger partial charge on any atom is -0.384 e. The molecule has 0 bridgehead atoms. The number of Topliss-reactive ketones (excluding diaryl/α,β-unsaturated/α-hetero) is 1. The molecule has 0 spiro atoms. The zero-order valence-electron chi connectivity index (χ0n) is 18.1. The third-order valence-corrected chi connectivity index (χ3v) is 9.72. The smallest absolute Gasteiger partial charge is 0.265 e. The number of thiophene rings is 1. The minimum absolute atomic E-state index is 0.0352. The molecule has 5 rings (SSSR count). The summed E-state index contributed by atoms with van der Waals surface area (Å²) in [7, 11) is -3.79. The standard InChI is InChI=1S/C24H18Cl2N2O5S2/c25-18-8-13(7-16(29)12-35(32,33)23-4-3-21(26)34-23)1-2-20(18)28-22(30)11-15-10-19-14(5-6-27-19)9-17(15)24(28)31/h1-4,8-10,27H,5-7,11-12H2. The van der Waals surface area contributed by atoms with Crippen LogP contribution in [0.1, 0.15) is 27.0 Å². The van der Waals surface area contributed by atoms with Crippen molar-refractivity contribution in [2.45, 2.75) is 23.5 Å². The Morgan fingerprint density at radius 2 is 1.86 bits per heavy atom. The van der Waals surface area contributed by atoms with Gasteiger partial charge in [-0.1, -0.05) is 29.3 Å². The van der Waals surface area contributed by atoms with Crippen molar-refractivity contribution >= 4 is 73.3 Å². The fourth-order valence-corrected chi connectivity index (χ4v) is 7.42. The van der Waals surface area contributed by atoms with Crippen LogP contribution in [0.25, 0.3) is 0 Å². The number of rotatable bonds is 6. The van der Waals surface area contributed by atoms with Crippen molar-refractivity contribution < 1.29 is 22.8 Å². The lowest BCUT2D eigenvalue weighted by atomic mass is 9.94. The third kappa shape index (κ3) is 4.61. The van der Waals surface area contributed by atoms with E-state index in [-0.39, 0.29) is 27.8 Å². The molecule has 0 aliphatic carbocycles. The van der Waals surface area contributed by atoms with Crippen LogP contribution in [0.3, 0.4) is 0 Å². The Balaban J connectivity index is 1.35. The lowest BCUT2D eigenvalue weighted by molar-refractivity contribution is -0.118. The molecular weight excluding hydrogens is 531 g/mol. The molecule has 0 atom stereocenters. The molecule has 7 nitrogen and oxygen atoms in total. The number of anilines is 2. The van der Waals surface area contributed by atoms with E-state index in [2.05, 4.69) is 5.32 Å². The zero-order valence-corrected chi connectivity index (χ0v) is 21.3. The van der Waals surface area contributed by atoms with Gasteiger partial charge in [0.2, 0.25) is 5.91 Å². The number of benzene rings is 2. The summed E-state index contributed by atoms with van der Waals surface area (Å²) >= 11 is 13.1. The number of hydrogen-bond acceptors (Lipinski definition) is 7. The molecule has 3 aromatic rings. The van der Waals surface area contributed by atoms with Crippen LogP contribution >= 0.6 is 34.5 Å². The van der Waals surface area contributed by atoms with Crippen molar-refractivity contribution in [1.29, 1.82) is 0 Å². The predicted octanol–water partition coefficient (Wildman–Crippen LogP) is 4.34. The van der Waals surface area contributed by atoms with Crippen LogP contribution in [0, 0.1) is 0 Å². The fraction of sp³-hybridized carbons (Fsp3) is 0.208. The maximum atomic E-state index is 13.2. The van der Waals surface area contributed by atoms with Crippen LogP contribution in [0.5, 0.6) is 0 Å². The van der Waals surface area contributed by atoms with Gasteiger partial charge in [-0.05, 0) is 59.5 Å². The van der Waals surface area contributed by atoms with Crippen LogP contribution in [0.2, 0.25) is 9.36 Å². The number of ketones is 1. The average Bonchev–Trinajstić information content (AvgIpc) is 3.42. The highest BCUT2D eigenvalue weighted by molar-refractivity contribution is 7.94. The van der Waals surface area contributed by atoms with E-state index in [0.29, 0.717) is 21.0 Å². The number of sulfone groups is 1. The van der Waals surface area contributed by atoms with Crippen LogP contribution in [0.15, 0.2) is 46.7 Å². The summed E-state index contributed by atoms with van der Waals surface area (Å²) in [6.45, 7) is 0.790. The van der Waals surface area contributed by atoms with Crippen molar-refractivity contribution in [3.63, 3.8) is 0 Å². The molecule has 2 aliphatic rings. The predicted molar refractivity (Wildman–Crippen MR) is 136 cm³/mol. The number of imide groups is 1. The molecule has 35 heavy (non-hydrogen) atoms. The summed E-state index contributed by atoms with van der Waals surface area (Å²) < 4.78 is 25.2. The molecule has 180 valence electrons. The van der Waals surface area contributed by atoms with E-state index in [9.17, 15) is 22.8 Å². The molecule has 1 N–H and O–H groups in total. The molecule has 3 heterocycles. The summed E-state index contributed by atoms with van der Waals surface area (Å²) in [6, 6.07) is 11.1. The number of halogens is 2. The van der Waals surface area contributed by atoms with E-state index in [1.807, 2.05) is 12.1 Å². The Bertz CT molecular complexity index is 1510. The second kappa shape index (κ2) is 9.05. The Morgan fingerprint density at radius 1 is 1.06 bits per heavy atom. The summed E-state index contributed by atoms with van der Waals surface area (Å²) in [5.74, 6) is -2.02. The van der Waals surface area contributed by atoms with Gasteiger partial charge in [0.15, 0.2) is 15.6 Å². The van der Waals surface area contributed by atoms with Gasteiger partial charge in [0.1, 0.15) is 9.96 Å². The van der Waals surface area contributed by atoms with Gasteiger partial charge in [0.05, 0.1) is 21.5 Å². The highest BCUT2D eigenvalue weighted by atomic mass is 35.5. The quantitative estimate of drug-likeness (QED) is 0.460. The Kier molecular flexibility index (Phi) is 6.21. The Labute approximate surface area is 215 Å². The van der Waals surface area contributed by atoms with E-state index >= 15 is 0 Å². The number of fused-ring (bicyclic) bond motifs is 2. The lowest BCUT2D eigenvalue weighted by Crippen LogP contribution is -2.42. The summed E-state index contributed by atoms with van der Waals surface area (Å²) in [6.07, 6.45) is 0.710. The van der Waals surface area contributed by atoms with Crippen molar-refractivity contribution in [2.75, 3.05) is 22.5 Å². The van der Waals surface area contributed by atoms with Crippen molar-refractivity contribution in [2.24, 2.45) is 0 Å². The van der Waals surface area contributed by atoms with Gasteiger partial charge in [0.25, 0.3) is 5.91 Å². The largest absolute Gasteiger partial charge is 0.384 e. The first kappa shape index (κ1) is 24.0. The van der Waals surface area contributed by atoms with Gasteiger partial charge in [0, 0.05) is 24.2 Å². The molecule has 0 unspecified atom stereocenters. The minimum atomic E-state index is -3.79. The van der Waals surface area contributed by atoms with Gasteiger partial charge in [-0.2, -0.15) is 0 Å². The lowest BCUT2D eigenvalue weighted by Gasteiger charge is -2.28. The van der Waals surface area contributed by atoms with Crippen LogP contribution < -0.4 is 10.2 Å². The number of hydrogen-bond donors (Lipinski definition) is 1. The van der Waals surface area contributed by atoms with Crippen molar-refractivity contribution in [3.8, 4) is 0 Å². The van der Waals surface area contributed by atoms with E-state index < -0.39 is 33.2 Å². The zero-order chi connectivity index (χ0) is 24.9. The molecule has 0 saturated carbocycles. The summed E-state index contributed by atoms with van der Waals surface area (Å²) in [5.41, 5.74) is 3.84. The molecule has 2 amide bonds. The average molecular weight is 549 g/mol. The molecule has 1 aromatic heterocycles. The Hall–Kier alpha value is -2.72. The van der Waals surface area contributed by atoms with E-state index in [0.717, 1.165) is 40.5 Å². The summed E-state index contributed by atoms with van der Waals surface area (Å²) in [4.78, 5) is 39.6. The highest BCUT2D eigenvalue weighted by Crippen LogP contribution is 2.35. The molecule has 2 aromatic carbocycles. The third-order valence-electron chi connectivity index (χ3n) is 5.92. The molecule has 11 heteroatoms. The number of nitrogens with zero attached hydrogens (tertiary/aromatic N) is 1. The SMILES string of the molecule is O=C(Cc1ccc(N2C(=O)Cc3cc4c(cc3C2=O)CCN4)c(Cl)c1)CS(=O)(=O)c1ccc(Cl)s1. The maximum Gasteiger partial charge on any atom is 0.265 e. The van der Waals surface area contributed by atoms with Crippen molar-refractivity contribution in [3.05, 3.63) is 74.1 Å². The van der Waals surface area contributed by atoms with Crippen LogP contribution in [0.4, 0.5) is 11.4 Å². The number of amides is 2. The van der Waals surface area contributed by atoms with Crippen LogP contribution in [-0.2, 0) is 38.7 Å². The number of carbonyl (C=O) groups excluding carboxylic acids is 3. The molecule has 0 fully saturated rings. The summed E-state index contributed by atoms with van der Waals surface area (Å²) in [5, 5.41) is 3.37. The number of nitrogens with one attached hydrogen (secondary N) is 1. The van der Waals surface area contributed by atoms with E-state index in [1.165, 1.54) is 24.3 Å². The monoisotopic (exact) mass is 548 g/mol. The van der Waals surface area contributed by atoms with Gasteiger partial charge in [-0.15, -0.1) is 11.3 Å². The first-order valence-corrected chi connectivity index (χ1v) is 13.9. The first-order valence-electron chi connectivity index (χ1n) is 10.7. The second-order valence-electron chi connectivity index (χ2n) is 8.37. The molecular formula is C24H18Cl2N2O5S2. The number of carbonyl (C=O) groups is 3. The van der Waals surface area contributed by atoms with Gasteiger partial charge >= 0.3 is 0 Å². The van der Waals surface area contributed by atoms with Gasteiger partial charge in [-0.25, -0.2) is 13.3 Å². The first-order chi connectivity index (χ1) is 16.6. The molecule has 0 saturated heterocycles.